The number of amides is 2. The van der Waals surface area contributed by atoms with E-state index in [2.05, 4.69) is 20.8 Å². The zero-order valence-corrected chi connectivity index (χ0v) is 20.9. The maximum absolute atomic E-state index is 13.3. The van der Waals surface area contributed by atoms with E-state index in [1.54, 1.807) is 12.3 Å². The Balaban J connectivity index is 1.21. The summed E-state index contributed by atoms with van der Waals surface area (Å²) in [5.74, 6) is 0.297. The van der Waals surface area contributed by atoms with Crippen molar-refractivity contribution < 1.29 is 9.59 Å². The lowest BCUT2D eigenvalue weighted by Crippen LogP contribution is -2.25. The highest BCUT2D eigenvalue weighted by atomic mass is 16.2. The van der Waals surface area contributed by atoms with Gasteiger partial charge in [-0.25, -0.2) is 4.98 Å². The molecule has 0 atom stereocenters. The van der Waals surface area contributed by atoms with Crippen LogP contribution in [-0.4, -0.2) is 37.6 Å². The van der Waals surface area contributed by atoms with Gasteiger partial charge in [-0.2, -0.15) is 5.10 Å². The number of nitrogens with one attached hydrogen (secondary N) is 3. The minimum atomic E-state index is -0.243. The highest BCUT2D eigenvalue weighted by molar-refractivity contribution is 6.04. The van der Waals surface area contributed by atoms with E-state index < -0.39 is 0 Å². The number of anilines is 1. The lowest BCUT2D eigenvalue weighted by molar-refractivity contribution is -0.121. The van der Waals surface area contributed by atoms with E-state index in [1.165, 1.54) is 0 Å². The molecule has 190 valence electrons. The Morgan fingerprint density at radius 2 is 1.82 bits per heavy atom. The third kappa shape index (κ3) is 5.34. The summed E-state index contributed by atoms with van der Waals surface area (Å²) in [6.45, 7) is 0. The van der Waals surface area contributed by atoms with Crippen LogP contribution in [0.3, 0.4) is 0 Å². The molecule has 3 N–H and O–H groups in total. The molecule has 3 aromatic carbocycles. The predicted molar refractivity (Wildman–Crippen MR) is 147 cm³/mol. The molecule has 1 aliphatic rings. The smallest absolute Gasteiger partial charge is 0.258 e. The number of fused-ring (bicyclic) bond motifs is 1. The molecule has 0 radical (unpaired) electrons. The second-order valence-corrected chi connectivity index (χ2v) is 9.66. The van der Waals surface area contributed by atoms with E-state index in [9.17, 15) is 9.59 Å². The normalized spacial score (nSPS) is 12.9. The van der Waals surface area contributed by atoms with Gasteiger partial charge in [0.2, 0.25) is 11.9 Å². The van der Waals surface area contributed by atoms with Crippen LogP contribution < -0.4 is 10.6 Å². The molecule has 8 nitrogen and oxygen atoms in total. The van der Waals surface area contributed by atoms with Crippen molar-refractivity contribution in [2.24, 2.45) is 0 Å². The Morgan fingerprint density at radius 3 is 2.66 bits per heavy atom. The molecule has 0 saturated heterocycles. The van der Waals surface area contributed by atoms with Crippen molar-refractivity contribution in [3.05, 3.63) is 96.4 Å². The first-order valence-electron chi connectivity index (χ1n) is 12.9. The Bertz CT molecular complexity index is 1600. The van der Waals surface area contributed by atoms with Gasteiger partial charge in [0.15, 0.2) is 0 Å². The summed E-state index contributed by atoms with van der Waals surface area (Å²) in [5.41, 5.74) is 5.13. The van der Waals surface area contributed by atoms with Crippen molar-refractivity contribution >= 4 is 28.7 Å². The summed E-state index contributed by atoms with van der Waals surface area (Å²) in [6, 6.07) is 23.7. The van der Waals surface area contributed by atoms with Crippen LogP contribution in [-0.2, 0) is 11.2 Å². The van der Waals surface area contributed by atoms with E-state index in [1.807, 2.05) is 77.5 Å². The average Bonchev–Trinajstić information content (AvgIpc) is 3.47. The van der Waals surface area contributed by atoms with Crippen LogP contribution in [0.5, 0.6) is 0 Å². The van der Waals surface area contributed by atoms with Gasteiger partial charge in [-0.15, -0.1) is 0 Å². The number of hydrogen-bond acceptors (Lipinski definition) is 4. The molecule has 2 amide bonds. The number of hydrogen-bond donors (Lipinski definition) is 3. The summed E-state index contributed by atoms with van der Waals surface area (Å²) < 4.78 is 1.88. The van der Waals surface area contributed by atoms with E-state index in [0.717, 1.165) is 46.3 Å². The monoisotopic (exact) mass is 504 g/mol. The van der Waals surface area contributed by atoms with Gasteiger partial charge in [-0.3, -0.25) is 24.6 Å². The largest absolute Gasteiger partial charge is 0.353 e. The average molecular weight is 505 g/mol. The molecular weight excluding hydrogens is 476 g/mol. The highest BCUT2D eigenvalue weighted by Crippen LogP contribution is 2.25. The quantitative estimate of drug-likeness (QED) is 0.254. The number of carbonyl (C=O) groups is 2. The SMILES string of the molecule is O=C(CCCc1cn(-c2ccccc2)c(NC(=O)c2cccc(-c3ccc4cn[nH]c4c3)c2)n1)NC1CC1. The minimum absolute atomic E-state index is 0.0927. The number of H-pyrrole nitrogens is 1. The van der Waals surface area contributed by atoms with Gasteiger partial charge >= 0.3 is 0 Å². The predicted octanol–water partition coefficient (Wildman–Crippen LogP) is 5.27. The van der Waals surface area contributed by atoms with Crippen LogP contribution in [0.15, 0.2) is 85.2 Å². The number of imidazole rings is 1. The Morgan fingerprint density at radius 1 is 0.974 bits per heavy atom. The highest BCUT2D eigenvalue weighted by Gasteiger charge is 2.23. The standard InChI is InChI=1S/C30H28N6O2/c37-28(32-24-14-15-24)11-5-8-25-19-36(26-9-2-1-3-10-26)30(33-25)34-29(38)22-7-4-6-20(16-22)21-12-13-23-18-31-35-27(23)17-21/h1-4,6-7,9-10,12-13,16-19,24H,5,8,11,14-15H2,(H,31,35)(H,32,37)(H,33,34,38). The van der Waals surface area contributed by atoms with Gasteiger partial charge in [0.1, 0.15) is 0 Å². The third-order valence-electron chi connectivity index (χ3n) is 6.69. The topological polar surface area (TPSA) is 105 Å². The van der Waals surface area contributed by atoms with Crippen molar-refractivity contribution in [1.82, 2.24) is 25.1 Å². The number of rotatable bonds is 9. The maximum Gasteiger partial charge on any atom is 0.258 e. The molecule has 6 rings (SSSR count). The number of aromatic nitrogens is 4. The van der Waals surface area contributed by atoms with Gasteiger partial charge in [0.25, 0.3) is 5.91 Å². The molecule has 8 heteroatoms. The van der Waals surface area contributed by atoms with Gasteiger partial charge in [0.05, 0.1) is 17.4 Å². The number of benzene rings is 3. The van der Waals surface area contributed by atoms with Crippen LogP contribution in [0.2, 0.25) is 0 Å². The first-order chi connectivity index (χ1) is 18.6. The summed E-state index contributed by atoms with van der Waals surface area (Å²) in [7, 11) is 0. The van der Waals surface area contributed by atoms with Crippen molar-refractivity contribution in [3.63, 3.8) is 0 Å². The Labute approximate surface area is 220 Å². The maximum atomic E-state index is 13.3. The van der Waals surface area contributed by atoms with Crippen LogP contribution in [0.1, 0.15) is 41.7 Å². The first kappa shape index (κ1) is 23.7. The molecule has 0 bridgehead atoms. The molecular formula is C30H28N6O2. The number of nitrogens with zero attached hydrogens (tertiary/aromatic N) is 3. The van der Waals surface area contributed by atoms with Crippen LogP contribution in [0.4, 0.5) is 5.95 Å². The van der Waals surface area contributed by atoms with Crippen molar-refractivity contribution in [2.45, 2.75) is 38.1 Å². The van der Waals surface area contributed by atoms with Gasteiger partial charge in [-0.1, -0.05) is 42.5 Å². The molecule has 1 saturated carbocycles. The van der Waals surface area contributed by atoms with E-state index in [-0.39, 0.29) is 11.8 Å². The fraction of sp³-hybridized carbons (Fsp3) is 0.200. The zero-order valence-electron chi connectivity index (χ0n) is 20.9. The molecule has 5 aromatic rings. The van der Waals surface area contributed by atoms with E-state index in [0.29, 0.717) is 36.8 Å². The molecule has 2 aromatic heterocycles. The van der Waals surface area contributed by atoms with E-state index >= 15 is 0 Å². The van der Waals surface area contributed by atoms with Crippen LogP contribution >= 0.6 is 0 Å². The molecule has 0 aliphatic heterocycles. The number of aromatic amines is 1. The van der Waals surface area contributed by atoms with Gasteiger partial charge < -0.3 is 5.32 Å². The second-order valence-electron chi connectivity index (χ2n) is 9.66. The number of carbonyl (C=O) groups excluding carboxylic acids is 2. The lowest BCUT2D eigenvalue weighted by atomic mass is 10.0. The van der Waals surface area contributed by atoms with E-state index in [4.69, 9.17) is 4.98 Å². The number of para-hydroxylation sites is 1. The molecule has 38 heavy (non-hydrogen) atoms. The number of aryl methyl sites for hydroxylation is 1. The third-order valence-corrected chi connectivity index (χ3v) is 6.69. The molecule has 2 heterocycles. The summed E-state index contributed by atoms with van der Waals surface area (Å²) >= 11 is 0. The fourth-order valence-corrected chi connectivity index (χ4v) is 4.51. The van der Waals surface area contributed by atoms with Gasteiger partial charge in [0, 0.05) is 35.3 Å². The lowest BCUT2D eigenvalue weighted by Gasteiger charge is -2.10. The summed E-state index contributed by atoms with van der Waals surface area (Å²) in [5, 5.41) is 14.1. The Kier molecular flexibility index (Phi) is 6.44. The second kappa shape index (κ2) is 10.3. The van der Waals surface area contributed by atoms with Gasteiger partial charge in [-0.05, 0) is 67.1 Å². The van der Waals surface area contributed by atoms with Crippen molar-refractivity contribution in [3.8, 4) is 16.8 Å². The molecule has 1 aliphatic carbocycles. The summed E-state index contributed by atoms with van der Waals surface area (Å²) in [4.78, 5) is 30.1. The van der Waals surface area contributed by atoms with Crippen LogP contribution in [0.25, 0.3) is 27.7 Å². The fourth-order valence-electron chi connectivity index (χ4n) is 4.51. The molecule has 0 unspecified atom stereocenters. The molecule has 0 spiro atoms. The van der Waals surface area contributed by atoms with Crippen molar-refractivity contribution in [1.29, 1.82) is 0 Å². The zero-order chi connectivity index (χ0) is 25.9. The minimum Gasteiger partial charge on any atom is -0.353 e. The Hall–Kier alpha value is -4.72. The van der Waals surface area contributed by atoms with Crippen molar-refractivity contribution in [2.75, 3.05) is 5.32 Å². The molecule has 1 fully saturated rings. The first-order valence-corrected chi connectivity index (χ1v) is 12.9. The van der Waals surface area contributed by atoms with Crippen LogP contribution in [0, 0.1) is 0 Å². The summed E-state index contributed by atoms with van der Waals surface area (Å²) in [6.07, 6.45) is 7.69.